The highest BCUT2D eigenvalue weighted by Gasteiger charge is 2.44. The Labute approximate surface area is 153 Å². The maximum absolute atomic E-state index is 11.8. The monoisotopic (exact) mass is 370 g/mol. The van der Waals surface area contributed by atoms with Crippen LogP contribution in [-0.4, -0.2) is 69.6 Å². The van der Waals surface area contributed by atoms with Crippen molar-refractivity contribution in [3.8, 4) is 0 Å². The van der Waals surface area contributed by atoms with Crippen molar-refractivity contribution in [2.45, 2.75) is 70.9 Å². The summed E-state index contributed by atoms with van der Waals surface area (Å²) in [4.78, 5) is 11.8. The number of ether oxygens (including phenoxy) is 2. The lowest BCUT2D eigenvalue weighted by molar-refractivity contribution is -0.306. The van der Waals surface area contributed by atoms with Crippen molar-refractivity contribution in [1.29, 1.82) is 0 Å². The van der Waals surface area contributed by atoms with Crippen LogP contribution in [0.3, 0.4) is 0 Å². The van der Waals surface area contributed by atoms with E-state index >= 15 is 0 Å². The van der Waals surface area contributed by atoms with Crippen LogP contribution < -0.4 is 0 Å². The van der Waals surface area contributed by atoms with Crippen LogP contribution in [0.1, 0.15) is 34.1 Å². The molecule has 0 spiro atoms. The fraction of sp³-hybridized carbons (Fsp3) is 0.737. The molecule has 0 radical (unpaired) electrons. The van der Waals surface area contributed by atoms with Gasteiger partial charge in [-0.05, 0) is 25.3 Å². The number of carbonyl (C=O) groups is 1. The van der Waals surface area contributed by atoms with Gasteiger partial charge in [0.15, 0.2) is 12.1 Å². The lowest BCUT2D eigenvalue weighted by atomic mass is 9.68. The van der Waals surface area contributed by atoms with E-state index in [4.69, 9.17) is 9.47 Å². The van der Waals surface area contributed by atoms with Crippen molar-refractivity contribution in [2.75, 3.05) is 6.61 Å². The van der Waals surface area contributed by atoms with Crippen molar-refractivity contribution < 1.29 is 34.7 Å². The van der Waals surface area contributed by atoms with Gasteiger partial charge in [0.2, 0.25) is 0 Å². The predicted molar refractivity (Wildman–Crippen MR) is 94.1 cm³/mol. The molecule has 7 heteroatoms. The summed E-state index contributed by atoms with van der Waals surface area (Å²) in [5.41, 5.74) is 0.789. The lowest BCUT2D eigenvalue weighted by Gasteiger charge is -2.40. The summed E-state index contributed by atoms with van der Waals surface area (Å²) in [7, 11) is 0. The molecule has 1 fully saturated rings. The van der Waals surface area contributed by atoms with Crippen LogP contribution >= 0.6 is 0 Å². The third kappa shape index (κ3) is 4.60. The number of aliphatic hydroxyl groups excluding tert-OH is 4. The first-order chi connectivity index (χ1) is 12.1. The molecule has 1 aliphatic heterocycles. The molecule has 2 rings (SSSR count). The van der Waals surface area contributed by atoms with Gasteiger partial charge in [-0.25, -0.2) is 0 Å². The predicted octanol–water partition coefficient (Wildman–Crippen LogP) is 0.309. The number of carbonyl (C=O) groups excluding carboxylic acids is 1. The first kappa shape index (κ1) is 21.2. The van der Waals surface area contributed by atoms with Gasteiger partial charge in [-0.15, -0.1) is 0 Å². The van der Waals surface area contributed by atoms with Crippen LogP contribution in [0.4, 0.5) is 0 Å². The fourth-order valence-corrected chi connectivity index (χ4v) is 3.69. The van der Waals surface area contributed by atoms with Crippen molar-refractivity contribution >= 4 is 5.78 Å². The molecule has 4 N–H and O–H groups in total. The molecule has 26 heavy (non-hydrogen) atoms. The molecule has 0 amide bonds. The van der Waals surface area contributed by atoms with E-state index in [0.29, 0.717) is 6.42 Å². The molecule has 0 saturated carbocycles. The van der Waals surface area contributed by atoms with Gasteiger partial charge < -0.3 is 29.9 Å². The van der Waals surface area contributed by atoms with E-state index in [-0.39, 0.29) is 17.1 Å². The van der Waals surface area contributed by atoms with Gasteiger partial charge in [0.25, 0.3) is 0 Å². The summed E-state index contributed by atoms with van der Waals surface area (Å²) in [6, 6.07) is 0. The Morgan fingerprint density at radius 1 is 1.31 bits per heavy atom. The smallest absolute Gasteiger partial charge is 0.187 e. The highest BCUT2D eigenvalue weighted by Crippen LogP contribution is 2.40. The second-order valence-corrected chi connectivity index (χ2v) is 7.92. The van der Waals surface area contributed by atoms with Crippen LogP contribution in [0, 0.1) is 11.3 Å². The highest BCUT2D eigenvalue weighted by atomic mass is 16.7. The number of aliphatic hydroxyl groups is 4. The average Bonchev–Trinajstić information content (AvgIpc) is 2.53. The normalized spacial score (nSPS) is 39.1. The minimum atomic E-state index is -1.46. The summed E-state index contributed by atoms with van der Waals surface area (Å²) >= 11 is 0. The van der Waals surface area contributed by atoms with Gasteiger partial charge >= 0.3 is 0 Å². The minimum Gasteiger partial charge on any atom is -0.394 e. The zero-order chi connectivity index (χ0) is 19.6. The van der Waals surface area contributed by atoms with Gasteiger partial charge in [-0.1, -0.05) is 31.6 Å². The molecule has 1 saturated heterocycles. The quantitative estimate of drug-likeness (QED) is 0.515. The van der Waals surface area contributed by atoms with Crippen molar-refractivity contribution in [3.63, 3.8) is 0 Å². The van der Waals surface area contributed by atoms with E-state index in [1.807, 2.05) is 32.9 Å². The van der Waals surface area contributed by atoms with Gasteiger partial charge in [0.05, 0.1) is 12.7 Å². The first-order valence-corrected chi connectivity index (χ1v) is 8.92. The Balaban J connectivity index is 2.03. The Morgan fingerprint density at radius 2 is 1.96 bits per heavy atom. The van der Waals surface area contributed by atoms with Crippen LogP contribution in [0.15, 0.2) is 23.8 Å². The van der Waals surface area contributed by atoms with E-state index in [1.54, 1.807) is 13.0 Å². The molecule has 0 aromatic rings. The number of hydrogen-bond acceptors (Lipinski definition) is 7. The largest absolute Gasteiger partial charge is 0.394 e. The van der Waals surface area contributed by atoms with E-state index in [2.05, 4.69) is 0 Å². The maximum atomic E-state index is 11.8. The maximum Gasteiger partial charge on any atom is 0.187 e. The molecule has 2 aliphatic rings. The standard InChI is InChI=1S/C19H30O7/c1-10-7-12(21)8-19(3,4)13(10)6-5-11(2)25-18-17(24)16(23)15(22)14(9-20)26-18/h5-7,11,13-18,20,22-24H,8-9H2,1-4H3. The van der Waals surface area contributed by atoms with Crippen LogP contribution in [-0.2, 0) is 14.3 Å². The van der Waals surface area contributed by atoms with E-state index < -0.39 is 43.4 Å². The van der Waals surface area contributed by atoms with E-state index in [9.17, 15) is 25.2 Å². The minimum absolute atomic E-state index is 0.0843. The van der Waals surface area contributed by atoms with Crippen molar-refractivity contribution in [1.82, 2.24) is 0 Å². The van der Waals surface area contributed by atoms with Gasteiger partial charge in [-0.2, -0.15) is 0 Å². The Bertz CT molecular complexity index is 566. The molecule has 7 nitrogen and oxygen atoms in total. The van der Waals surface area contributed by atoms with E-state index in [1.165, 1.54) is 0 Å². The molecule has 7 atom stereocenters. The summed E-state index contributed by atoms with van der Waals surface area (Å²) in [6.07, 6.45) is -0.958. The molecular weight excluding hydrogens is 340 g/mol. The molecule has 0 aromatic carbocycles. The van der Waals surface area contributed by atoms with Gasteiger partial charge in [-0.3, -0.25) is 4.79 Å². The number of ketones is 1. The summed E-state index contributed by atoms with van der Waals surface area (Å²) < 4.78 is 11.0. The van der Waals surface area contributed by atoms with Crippen LogP contribution in [0.25, 0.3) is 0 Å². The summed E-state index contributed by atoms with van der Waals surface area (Å²) in [6.45, 7) is 7.28. The van der Waals surface area contributed by atoms with Gasteiger partial charge in [0.1, 0.15) is 24.4 Å². The fourth-order valence-electron chi connectivity index (χ4n) is 3.69. The second kappa shape index (κ2) is 8.29. The molecular formula is C19H30O7. The molecule has 7 unspecified atom stereocenters. The third-order valence-electron chi connectivity index (χ3n) is 5.12. The average molecular weight is 370 g/mol. The highest BCUT2D eigenvalue weighted by molar-refractivity contribution is 5.92. The molecule has 1 heterocycles. The SMILES string of the molecule is CC1=CC(=O)CC(C)(C)C1C=CC(C)OC1OC(CO)C(O)C(O)C1O. The number of allylic oxidation sites excluding steroid dienone is 3. The Morgan fingerprint density at radius 3 is 2.54 bits per heavy atom. The summed E-state index contributed by atoms with van der Waals surface area (Å²) in [5, 5.41) is 38.9. The number of rotatable bonds is 5. The second-order valence-electron chi connectivity index (χ2n) is 7.92. The topological polar surface area (TPSA) is 116 Å². The molecule has 1 aliphatic carbocycles. The van der Waals surface area contributed by atoms with Gasteiger partial charge in [0, 0.05) is 12.3 Å². The van der Waals surface area contributed by atoms with E-state index in [0.717, 1.165) is 5.57 Å². The first-order valence-electron chi connectivity index (χ1n) is 8.92. The Kier molecular flexibility index (Phi) is 6.76. The Hall–Kier alpha value is -1.09. The third-order valence-corrected chi connectivity index (χ3v) is 5.12. The molecule has 0 bridgehead atoms. The number of hydrogen-bond donors (Lipinski definition) is 4. The zero-order valence-corrected chi connectivity index (χ0v) is 15.7. The van der Waals surface area contributed by atoms with Crippen LogP contribution in [0.5, 0.6) is 0 Å². The van der Waals surface area contributed by atoms with Crippen molar-refractivity contribution in [2.24, 2.45) is 11.3 Å². The van der Waals surface area contributed by atoms with Crippen molar-refractivity contribution in [3.05, 3.63) is 23.8 Å². The lowest BCUT2D eigenvalue weighted by Crippen LogP contribution is -2.59. The zero-order valence-electron chi connectivity index (χ0n) is 15.7. The van der Waals surface area contributed by atoms with Crippen LogP contribution in [0.2, 0.25) is 0 Å². The molecule has 0 aromatic heterocycles. The summed E-state index contributed by atoms with van der Waals surface area (Å²) in [5.74, 6) is 0.212. The molecule has 148 valence electrons.